The normalized spacial score (nSPS) is 19.8. The van der Waals surface area contributed by atoms with E-state index in [0.717, 1.165) is 19.3 Å². The average Bonchev–Trinajstić information content (AvgIpc) is 3.34. The first kappa shape index (κ1) is 22.7. The van der Waals surface area contributed by atoms with Crippen LogP contribution in [0, 0.1) is 16.7 Å². The Morgan fingerprint density at radius 2 is 2.03 bits per heavy atom. The number of unbranched alkanes of at least 4 members (excludes halogenated alkanes) is 2. The molecule has 2 N–H and O–H groups in total. The van der Waals surface area contributed by atoms with Gasteiger partial charge in [-0.2, -0.15) is 0 Å². The molecule has 168 valence electrons. The lowest BCUT2D eigenvalue weighted by Crippen LogP contribution is -2.19. The van der Waals surface area contributed by atoms with E-state index in [1.165, 1.54) is 19.0 Å². The third-order valence-corrected chi connectivity index (χ3v) is 7.10. The van der Waals surface area contributed by atoms with Crippen molar-refractivity contribution in [1.82, 2.24) is 14.5 Å². The van der Waals surface area contributed by atoms with Gasteiger partial charge in [-0.1, -0.05) is 62.4 Å². The number of imidazole rings is 1. The number of hydrogen-bond donors (Lipinski definition) is 2. The van der Waals surface area contributed by atoms with Gasteiger partial charge in [0, 0.05) is 24.7 Å². The largest absolute Gasteiger partial charge is 0.323 e. The van der Waals surface area contributed by atoms with Crippen LogP contribution in [0.25, 0.3) is 11.2 Å². The molecule has 8 heteroatoms. The van der Waals surface area contributed by atoms with Crippen LogP contribution in [0.5, 0.6) is 0 Å². The van der Waals surface area contributed by atoms with Gasteiger partial charge in [0.05, 0.1) is 21.4 Å². The first-order valence-corrected chi connectivity index (χ1v) is 11.7. The van der Waals surface area contributed by atoms with Crippen molar-refractivity contribution < 1.29 is 4.79 Å². The van der Waals surface area contributed by atoms with Crippen molar-refractivity contribution in [3.63, 3.8) is 0 Å². The summed E-state index contributed by atoms with van der Waals surface area (Å²) in [6.45, 7) is 4.37. The van der Waals surface area contributed by atoms with E-state index >= 15 is 0 Å². The fraction of sp³-hybridized carbons (Fsp3) is 0.417. The number of benzene rings is 1. The Hall–Kier alpha value is -2.44. The van der Waals surface area contributed by atoms with Gasteiger partial charge in [0.25, 0.3) is 0 Å². The Bertz CT molecular complexity index is 1180. The summed E-state index contributed by atoms with van der Waals surface area (Å²) in [6.07, 6.45) is 7.03. The van der Waals surface area contributed by atoms with Crippen molar-refractivity contribution in [2.75, 3.05) is 5.32 Å². The van der Waals surface area contributed by atoms with Crippen molar-refractivity contribution in [1.29, 1.82) is 5.41 Å². The molecule has 1 aromatic carbocycles. The summed E-state index contributed by atoms with van der Waals surface area (Å²) in [7, 11) is 1.82. The van der Waals surface area contributed by atoms with Crippen LogP contribution in [0.1, 0.15) is 56.3 Å². The van der Waals surface area contributed by atoms with Crippen LogP contribution in [0.3, 0.4) is 0 Å². The van der Waals surface area contributed by atoms with Crippen LogP contribution in [-0.2, 0) is 7.05 Å². The van der Waals surface area contributed by atoms with Gasteiger partial charge in [0.2, 0.25) is 11.7 Å². The standard InChI is InChI=1S/C24H27Cl2N5O/c1-4-5-6-10-24(2)12-15(24)19(27)21(32)14-11-18-22(28-13-14)31(3)23(29-18)30-20-16(25)8-7-9-17(20)26/h7-9,11,13,15,27H,4-6,10,12H2,1-3H3,(H,29,30)/t15?,24-/m1/s1. The summed E-state index contributed by atoms with van der Waals surface area (Å²) in [5.74, 6) is 0.275. The minimum Gasteiger partial charge on any atom is -0.323 e. The summed E-state index contributed by atoms with van der Waals surface area (Å²) in [5, 5.41) is 12.6. The highest BCUT2D eigenvalue weighted by Crippen LogP contribution is 2.56. The molecule has 0 bridgehead atoms. The first-order valence-electron chi connectivity index (χ1n) is 10.9. The number of ketones is 1. The summed E-state index contributed by atoms with van der Waals surface area (Å²) in [6, 6.07) is 6.96. The molecule has 4 rings (SSSR count). The van der Waals surface area contributed by atoms with Gasteiger partial charge in [0.1, 0.15) is 5.52 Å². The fourth-order valence-corrected chi connectivity index (χ4v) is 4.76. The Labute approximate surface area is 197 Å². The number of carbonyl (C=O) groups is 1. The number of aromatic nitrogens is 3. The monoisotopic (exact) mass is 471 g/mol. The molecular formula is C24H27Cl2N5O. The molecule has 1 unspecified atom stereocenters. The van der Waals surface area contributed by atoms with E-state index in [-0.39, 0.29) is 22.8 Å². The van der Waals surface area contributed by atoms with Gasteiger partial charge in [-0.15, -0.1) is 0 Å². The van der Waals surface area contributed by atoms with Crippen molar-refractivity contribution in [2.45, 2.75) is 46.0 Å². The number of nitrogens with one attached hydrogen (secondary N) is 2. The van der Waals surface area contributed by atoms with Gasteiger partial charge in [0.15, 0.2) is 5.65 Å². The average molecular weight is 472 g/mol. The second kappa shape index (κ2) is 8.83. The van der Waals surface area contributed by atoms with E-state index in [2.05, 4.69) is 29.1 Å². The number of fused-ring (bicyclic) bond motifs is 1. The molecule has 2 aromatic heterocycles. The maximum atomic E-state index is 13.0. The summed E-state index contributed by atoms with van der Waals surface area (Å²) < 4.78 is 1.78. The molecule has 0 aliphatic heterocycles. The van der Waals surface area contributed by atoms with Gasteiger partial charge in [-0.05, 0) is 36.5 Å². The smallest absolute Gasteiger partial charge is 0.209 e. The second-order valence-electron chi connectivity index (χ2n) is 8.89. The highest BCUT2D eigenvalue weighted by molar-refractivity contribution is 6.46. The molecule has 0 spiro atoms. The molecule has 0 saturated heterocycles. The number of Topliss-reactive ketones (excluding diaryl/α,β-unsaturated/α-hetero) is 1. The summed E-state index contributed by atoms with van der Waals surface area (Å²) >= 11 is 12.5. The van der Waals surface area contributed by atoms with Crippen molar-refractivity contribution in [2.24, 2.45) is 18.4 Å². The number of aryl methyl sites for hydroxylation is 1. The lowest BCUT2D eigenvalue weighted by atomic mass is 9.94. The molecule has 1 aliphatic rings. The van der Waals surface area contributed by atoms with E-state index < -0.39 is 0 Å². The Morgan fingerprint density at radius 3 is 2.72 bits per heavy atom. The molecule has 1 saturated carbocycles. The van der Waals surface area contributed by atoms with Crippen LogP contribution < -0.4 is 5.32 Å². The van der Waals surface area contributed by atoms with E-state index in [1.807, 2.05) is 7.05 Å². The lowest BCUT2D eigenvalue weighted by Gasteiger charge is -2.11. The van der Waals surface area contributed by atoms with Crippen molar-refractivity contribution >= 4 is 57.5 Å². The maximum absolute atomic E-state index is 13.0. The van der Waals surface area contributed by atoms with E-state index in [9.17, 15) is 4.79 Å². The topological polar surface area (TPSA) is 83.7 Å². The first-order chi connectivity index (χ1) is 15.2. The molecule has 3 aromatic rings. The van der Waals surface area contributed by atoms with Gasteiger partial charge in [-0.25, -0.2) is 9.97 Å². The predicted molar refractivity (Wildman–Crippen MR) is 131 cm³/mol. The Morgan fingerprint density at radius 1 is 1.31 bits per heavy atom. The third-order valence-electron chi connectivity index (χ3n) is 6.47. The number of anilines is 2. The zero-order valence-electron chi connectivity index (χ0n) is 18.5. The summed E-state index contributed by atoms with van der Waals surface area (Å²) in [4.78, 5) is 22.0. The number of pyridine rings is 1. The number of rotatable bonds is 9. The lowest BCUT2D eigenvalue weighted by molar-refractivity contribution is 0.106. The van der Waals surface area contributed by atoms with Crippen molar-refractivity contribution in [3.05, 3.63) is 46.1 Å². The van der Waals surface area contributed by atoms with Crippen LogP contribution in [0.4, 0.5) is 11.6 Å². The number of nitrogens with zero attached hydrogens (tertiary/aromatic N) is 3. The molecule has 2 heterocycles. The predicted octanol–water partition coefficient (Wildman–Crippen LogP) is 6.83. The van der Waals surface area contributed by atoms with Crippen LogP contribution in [0.2, 0.25) is 10.0 Å². The third kappa shape index (κ3) is 4.26. The van der Waals surface area contributed by atoms with Gasteiger partial charge < -0.3 is 10.7 Å². The van der Waals surface area contributed by atoms with E-state index in [1.54, 1.807) is 28.8 Å². The molecular weight excluding hydrogens is 445 g/mol. The SMILES string of the molecule is CCCCC[C@]1(C)CC1C(=N)C(=O)c1cnc2c(c1)nc(Nc1c(Cl)cccc1Cl)n2C. The highest BCUT2D eigenvalue weighted by Gasteiger charge is 2.53. The van der Waals surface area contributed by atoms with Crippen LogP contribution in [0.15, 0.2) is 30.5 Å². The zero-order chi connectivity index (χ0) is 23.0. The minimum atomic E-state index is -0.266. The molecule has 2 atom stereocenters. The molecule has 0 radical (unpaired) electrons. The number of carbonyl (C=O) groups excluding carboxylic acids is 1. The quantitative estimate of drug-likeness (QED) is 0.203. The van der Waals surface area contributed by atoms with E-state index in [4.69, 9.17) is 28.6 Å². The highest BCUT2D eigenvalue weighted by atomic mass is 35.5. The second-order valence-corrected chi connectivity index (χ2v) is 9.71. The number of halogens is 2. The Balaban J connectivity index is 1.54. The Kier molecular flexibility index (Phi) is 6.28. The molecule has 1 fully saturated rings. The minimum absolute atomic E-state index is 0.0332. The molecule has 0 amide bonds. The molecule has 1 aliphatic carbocycles. The molecule has 32 heavy (non-hydrogen) atoms. The van der Waals surface area contributed by atoms with Gasteiger partial charge in [-0.3, -0.25) is 9.36 Å². The summed E-state index contributed by atoms with van der Waals surface area (Å²) in [5.41, 5.74) is 2.40. The number of para-hydroxylation sites is 1. The number of hydrogen-bond acceptors (Lipinski definition) is 5. The van der Waals surface area contributed by atoms with Crippen molar-refractivity contribution in [3.8, 4) is 0 Å². The maximum Gasteiger partial charge on any atom is 0.209 e. The van der Waals surface area contributed by atoms with Gasteiger partial charge >= 0.3 is 0 Å². The zero-order valence-corrected chi connectivity index (χ0v) is 20.0. The molecule has 6 nitrogen and oxygen atoms in total. The van der Waals surface area contributed by atoms with Crippen LogP contribution in [-0.4, -0.2) is 26.0 Å². The van der Waals surface area contributed by atoms with Crippen LogP contribution >= 0.6 is 23.2 Å². The fourth-order valence-electron chi connectivity index (χ4n) is 4.27. The van der Waals surface area contributed by atoms with E-state index in [0.29, 0.717) is 38.4 Å².